The number of imidazole rings is 1. The van der Waals surface area contributed by atoms with Crippen molar-refractivity contribution in [2.24, 2.45) is 0 Å². The number of carbonyl (C=O) groups is 1. The number of halogens is 4. The molecular formula is C19H20BrCl3N4O4S. The summed E-state index contributed by atoms with van der Waals surface area (Å²) < 4.78 is 33.3. The molecule has 0 aliphatic rings. The van der Waals surface area contributed by atoms with Crippen LogP contribution in [0.3, 0.4) is 0 Å². The third kappa shape index (κ3) is 5.86. The Labute approximate surface area is 210 Å². The van der Waals surface area contributed by atoms with Gasteiger partial charge in [0.2, 0.25) is 15.9 Å². The van der Waals surface area contributed by atoms with Crippen LogP contribution in [-0.4, -0.2) is 43.6 Å². The Balaban J connectivity index is 0.00000363. The highest BCUT2D eigenvalue weighted by molar-refractivity contribution is 9.10. The third-order valence-corrected chi connectivity index (χ3v) is 6.87. The molecule has 32 heavy (non-hydrogen) atoms. The second kappa shape index (κ2) is 10.6. The molecule has 13 heteroatoms. The molecule has 0 saturated heterocycles. The van der Waals surface area contributed by atoms with Gasteiger partial charge in [-0.1, -0.05) is 23.2 Å². The van der Waals surface area contributed by atoms with Crippen molar-refractivity contribution >= 4 is 78.8 Å². The van der Waals surface area contributed by atoms with Crippen LogP contribution in [0.1, 0.15) is 11.3 Å². The van der Waals surface area contributed by atoms with Crippen LogP contribution < -0.4 is 14.4 Å². The van der Waals surface area contributed by atoms with Gasteiger partial charge in [0.15, 0.2) is 11.4 Å². The summed E-state index contributed by atoms with van der Waals surface area (Å²) in [5.41, 5.74) is 2.31. The fraction of sp³-hybridized carbons (Fsp3) is 0.263. The third-order valence-electron chi connectivity index (χ3n) is 4.47. The van der Waals surface area contributed by atoms with Gasteiger partial charge >= 0.3 is 0 Å². The molecule has 0 atom stereocenters. The fourth-order valence-electron chi connectivity index (χ4n) is 2.81. The summed E-state index contributed by atoms with van der Waals surface area (Å²) >= 11 is 16.4. The van der Waals surface area contributed by atoms with Crippen LogP contribution >= 0.6 is 51.5 Å². The van der Waals surface area contributed by atoms with Gasteiger partial charge in [-0.2, -0.15) is 0 Å². The second-order valence-corrected chi connectivity index (χ2v) is 10.1. The van der Waals surface area contributed by atoms with Gasteiger partial charge in [0.05, 0.1) is 29.2 Å². The van der Waals surface area contributed by atoms with Crippen molar-refractivity contribution in [1.82, 2.24) is 14.1 Å². The van der Waals surface area contributed by atoms with Gasteiger partial charge in [0.25, 0.3) is 0 Å². The smallest absolute Gasteiger partial charge is 0.241 e. The summed E-state index contributed by atoms with van der Waals surface area (Å²) in [5.74, 6) is 0.0552. The number of rotatable bonds is 7. The van der Waals surface area contributed by atoms with Crippen LogP contribution in [0.25, 0.3) is 5.65 Å². The molecule has 2 aromatic heterocycles. The molecule has 0 radical (unpaired) electrons. The average molecular weight is 587 g/mol. The Hall–Kier alpha value is -1.56. The first-order valence-electron chi connectivity index (χ1n) is 8.93. The van der Waals surface area contributed by atoms with Crippen molar-refractivity contribution < 1.29 is 17.9 Å². The van der Waals surface area contributed by atoms with E-state index >= 15 is 0 Å². The van der Waals surface area contributed by atoms with E-state index in [9.17, 15) is 13.2 Å². The van der Waals surface area contributed by atoms with Gasteiger partial charge in [-0.3, -0.25) is 9.20 Å². The molecule has 0 bridgehead atoms. The lowest BCUT2D eigenvalue weighted by molar-refractivity contribution is -0.117. The monoisotopic (exact) mass is 584 g/mol. The number of aryl methyl sites for hydroxylation is 1. The second-order valence-electron chi connectivity index (χ2n) is 6.75. The van der Waals surface area contributed by atoms with Crippen LogP contribution in [0.5, 0.6) is 5.75 Å². The van der Waals surface area contributed by atoms with Crippen LogP contribution in [0, 0.1) is 6.92 Å². The predicted octanol–water partition coefficient (Wildman–Crippen LogP) is 4.22. The number of ether oxygens (including phenoxy) is 1. The lowest BCUT2D eigenvalue weighted by atomic mass is 10.2. The SMILES string of the molecule is Cc1nc2c(OCc3c(Cl)ccc(N(C)C(=O)CNS(C)(=O)=O)c3Cl)cccn2c1Br.Cl. The number of sulfonamides is 1. The van der Waals surface area contributed by atoms with E-state index < -0.39 is 22.5 Å². The molecule has 1 aromatic carbocycles. The summed E-state index contributed by atoms with van der Waals surface area (Å²) in [6.07, 6.45) is 2.84. The molecular weight excluding hydrogens is 567 g/mol. The highest BCUT2D eigenvalue weighted by atomic mass is 79.9. The van der Waals surface area contributed by atoms with Crippen LogP contribution in [0.2, 0.25) is 10.0 Å². The summed E-state index contributed by atoms with van der Waals surface area (Å²) in [6, 6.07) is 6.80. The normalized spacial score (nSPS) is 11.3. The highest BCUT2D eigenvalue weighted by Gasteiger charge is 2.20. The standard InChI is InChI=1S/C19H19BrCl2N4O4S.ClH/c1-11-18(20)26-8-4-5-15(19(26)24-11)30-10-12-13(21)6-7-14(17(12)22)25(2)16(27)9-23-31(3,28)29;/h4-8,23H,9-10H2,1-3H3;1H. The van der Waals surface area contributed by atoms with Crippen molar-refractivity contribution in [3.63, 3.8) is 0 Å². The lowest BCUT2D eigenvalue weighted by Gasteiger charge is -2.21. The van der Waals surface area contributed by atoms with E-state index in [0.717, 1.165) is 16.6 Å². The van der Waals surface area contributed by atoms with Gasteiger partial charge < -0.3 is 9.64 Å². The maximum atomic E-state index is 12.4. The van der Waals surface area contributed by atoms with Gasteiger partial charge in [-0.05, 0) is 47.1 Å². The topological polar surface area (TPSA) is 93.0 Å². The van der Waals surface area contributed by atoms with Gasteiger partial charge in [-0.25, -0.2) is 18.1 Å². The first-order chi connectivity index (χ1) is 14.5. The number of carbonyl (C=O) groups excluding carboxylic acids is 1. The number of anilines is 1. The van der Waals surface area contributed by atoms with Gasteiger partial charge in [-0.15, -0.1) is 12.4 Å². The molecule has 3 aromatic rings. The largest absolute Gasteiger partial charge is 0.485 e. The molecule has 174 valence electrons. The first-order valence-corrected chi connectivity index (χ1v) is 12.4. The maximum absolute atomic E-state index is 12.4. The van der Waals surface area contributed by atoms with Crippen molar-refractivity contribution in [2.45, 2.75) is 13.5 Å². The molecule has 0 saturated carbocycles. The van der Waals surface area contributed by atoms with Crippen molar-refractivity contribution in [3.8, 4) is 5.75 Å². The van der Waals surface area contributed by atoms with E-state index in [1.54, 1.807) is 18.2 Å². The minimum Gasteiger partial charge on any atom is -0.485 e. The predicted molar refractivity (Wildman–Crippen MR) is 132 cm³/mol. The van der Waals surface area contributed by atoms with Crippen LogP contribution in [-0.2, 0) is 21.4 Å². The Morgan fingerprint density at radius 2 is 2.00 bits per heavy atom. The lowest BCUT2D eigenvalue weighted by Crippen LogP contribution is -2.37. The van der Waals surface area contributed by atoms with Gasteiger partial charge in [0, 0.05) is 23.8 Å². The number of fused-ring (bicyclic) bond motifs is 1. The molecule has 0 aliphatic heterocycles. The molecule has 1 amide bonds. The van der Waals surface area contributed by atoms with E-state index in [1.807, 2.05) is 23.6 Å². The fourth-order valence-corrected chi connectivity index (χ4v) is 4.18. The number of hydrogen-bond acceptors (Lipinski definition) is 5. The van der Waals surface area contributed by atoms with Crippen molar-refractivity contribution in [3.05, 3.63) is 56.4 Å². The van der Waals surface area contributed by atoms with Crippen LogP contribution in [0.4, 0.5) is 5.69 Å². The number of pyridine rings is 1. The number of likely N-dealkylation sites (N-methyl/N-ethyl adjacent to an activating group) is 1. The van der Waals surface area contributed by atoms with E-state index in [0.29, 0.717) is 27.7 Å². The Bertz CT molecular complexity index is 1270. The zero-order valence-electron chi connectivity index (χ0n) is 17.2. The van der Waals surface area contributed by atoms with E-state index in [4.69, 9.17) is 27.9 Å². The number of nitrogens with zero attached hydrogens (tertiary/aromatic N) is 3. The number of nitrogens with one attached hydrogen (secondary N) is 1. The maximum Gasteiger partial charge on any atom is 0.241 e. The summed E-state index contributed by atoms with van der Waals surface area (Å²) in [4.78, 5) is 18.1. The van der Waals surface area contributed by atoms with Crippen LogP contribution in [0.15, 0.2) is 35.1 Å². The molecule has 0 aliphatic carbocycles. The Morgan fingerprint density at radius 3 is 2.66 bits per heavy atom. The molecule has 0 unspecified atom stereocenters. The molecule has 2 heterocycles. The number of aromatic nitrogens is 2. The minimum absolute atomic E-state index is 0. The molecule has 0 spiro atoms. The van der Waals surface area contributed by atoms with E-state index in [1.165, 1.54) is 11.9 Å². The minimum atomic E-state index is -3.50. The number of hydrogen-bond donors (Lipinski definition) is 1. The number of amides is 1. The summed E-state index contributed by atoms with van der Waals surface area (Å²) in [7, 11) is -2.00. The highest BCUT2D eigenvalue weighted by Crippen LogP contribution is 2.35. The zero-order chi connectivity index (χ0) is 22.9. The molecule has 1 N–H and O–H groups in total. The van der Waals surface area contributed by atoms with Crippen molar-refractivity contribution in [1.29, 1.82) is 0 Å². The Kier molecular flexibility index (Phi) is 8.82. The molecule has 3 rings (SSSR count). The number of benzene rings is 1. The average Bonchev–Trinajstić information content (AvgIpc) is 3.00. The summed E-state index contributed by atoms with van der Waals surface area (Å²) in [6.45, 7) is 1.53. The van der Waals surface area contributed by atoms with E-state index in [2.05, 4.69) is 25.6 Å². The Morgan fingerprint density at radius 1 is 1.31 bits per heavy atom. The quantitative estimate of drug-likeness (QED) is 0.448. The zero-order valence-corrected chi connectivity index (χ0v) is 22.0. The van der Waals surface area contributed by atoms with Crippen molar-refractivity contribution in [2.75, 3.05) is 24.7 Å². The molecule has 0 fully saturated rings. The summed E-state index contributed by atoms with van der Waals surface area (Å²) in [5, 5.41) is 0.604. The molecule has 8 nitrogen and oxygen atoms in total. The first kappa shape index (κ1) is 26.7. The van der Waals surface area contributed by atoms with E-state index in [-0.39, 0.29) is 24.0 Å². The van der Waals surface area contributed by atoms with Gasteiger partial charge in [0.1, 0.15) is 11.2 Å².